The number of hydrogen-bond donors (Lipinski definition) is 1. The van der Waals surface area contributed by atoms with Crippen molar-refractivity contribution in [3.05, 3.63) is 75.7 Å². The molecule has 0 unspecified atom stereocenters. The molecule has 3 aromatic rings. The van der Waals surface area contributed by atoms with Gasteiger partial charge in [-0.25, -0.2) is 0 Å². The minimum absolute atomic E-state index is 0.667. The summed E-state index contributed by atoms with van der Waals surface area (Å²) in [5.74, 6) is 1.71. The largest absolute Gasteiger partial charge is 0.460 e. The van der Waals surface area contributed by atoms with Gasteiger partial charge in [-0.15, -0.1) is 0 Å². The third-order valence-electron chi connectivity index (χ3n) is 3.21. The Bertz CT molecular complexity index is 758. The standard InChI is InChI=1S/C17H14BrClN2O/c18-16-8-13(19)3-5-15(16)17-6-4-14(22-17)11-21-10-12-2-1-7-20-9-12/h1-9,21H,10-11H2. The van der Waals surface area contributed by atoms with E-state index in [0.29, 0.717) is 11.6 Å². The number of halogens is 2. The highest BCUT2D eigenvalue weighted by molar-refractivity contribution is 9.10. The normalized spacial score (nSPS) is 10.8. The Balaban J connectivity index is 1.64. The Hall–Kier alpha value is -1.62. The summed E-state index contributed by atoms with van der Waals surface area (Å²) in [6.07, 6.45) is 3.62. The molecular weight excluding hydrogens is 364 g/mol. The molecule has 0 spiro atoms. The summed E-state index contributed by atoms with van der Waals surface area (Å²) in [5.41, 5.74) is 2.14. The first-order chi connectivity index (χ1) is 10.7. The lowest BCUT2D eigenvalue weighted by molar-refractivity contribution is 0.493. The Kier molecular flexibility index (Phi) is 4.93. The molecule has 0 saturated heterocycles. The molecule has 0 bridgehead atoms. The highest BCUT2D eigenvalue weighted by atomic mass is 79.9. The summed E-state index contributed by atoms with van der Waals surface area (Å²) >= 11 is 9.47. The van der Waals surface area contributed by atoms with Crippen LogP contribution in [0.1, 0.15) is 11.3 Å². The van der Waals surface area contributed by atoms with Gasteiger partial charge < -0.3 is 9.73 Å². The zero-order valence-electron chi connectivity index (χ0n) is 11.7. The van der Waals surface area contributed by atoms with Crippen LogP contribution in [-0.2, 0) is 13.1 Å². The van der Waals surface area contributed by atoms with E-state index in [4.69, 9.17) is 16.0 Å². The molecule has 0 radical (unpaired) electrons. The fourth-order valence-electron chi connectivity index (χ4n) is 2.14. The second-order valence-electron chi connectivity index (χ2n) is 4.85. The summed E-state index contributed by atoms with van der Waals surface area (Å²) in [7, 11) is 0. The first-order valence-corrected chi connectivity index (χ1v) is 8.03. The smallest absolute Gasteiger partial charge is 0.135 e. The quantitative estimate of drug-likeness (QED) is 0.676. The number of rotatable bonds is 5. The van der Waals surface area contributed by atoms with Crippen LogP contribution in [-0.4, -0.2) is 4.98 Å². The van der Waals surface area contributed by atoms with Crippen LogP contribution in [0.4, 0.5) is 0 Å². The molecule has 22 heavy (non-hydrogen) atoms. The van der Waals surface area contributed by atoms with E-state index in [1.165, 1.54) is 0 Å². The van der Waals surface area contributed by atoms with Crippen molar-refractivity contribution in [1.82, 2.24) is 10.3 Å². The molecule has 1 N–H and O–H groups in total. The molecule has 0 saturated carbocycles. The van der Waals surface area contributed by atoms with E-state index in [1.807, 2.05) is 48.7 Å². The first kappa shape index (κ1) is 15.3. The topological polar surface area (TPSA) is 38.1 Å². The van der Waals surface area contributed by atoms with Crippen molar-refractivity contribution in [3.63, 3.8) is 0 Å². The molecule has 3 nitrogen and oxygen atoms in total. The second-order valence-corrected chi connectivity index (χ2v) is 6.15. The van der Waals surface area contributed by atoms with E-state index >= 15 is 0 Å². The number of pyridine rings is 1. The van der Waals surface area contributed by atoms with Crippen molar-refractivity contribution >= 4 is 27.5 Å². The van der Waals surface area contributed by atoms with Crippen LogP contribution >= 0.6 is 27.5 Å². The van der Waals surface area contributed by atoms with E-state index in [0.717, 1.165) is 33.7 Å². The van der Waals surface area contributed by atoms with Crippen LogP contribution in [0.15, 0.2) is 63.7 Å². The number of furan rings is 1. The molecule has 0 aliphatic rings. The van der Waals surface area contributed by atoms with E-state index < -0.39 is 0 Å². The Labute approximate surface area is 142 Å². The van der Waals surface area contributed by atoms with E-state index in [-0.39, 0.29) is 0 Å². The van der Waals surface area contributed by atoms with Gasteiger partial charge in [-0.1, -0.05) is 17.7 Å². The number of nitrogens with zero attached hydrogens (tertiary/aromatic N) is 1. The van der Waals surface area contributed by atoms with Crippen molar-refractivity contribution in [2.24, 2.45) is 0 Å². The SMILES string of the molecule is Clc1ccc(-c2ccc(CNCc3cccnc3)o2)c(Br)c1. The molecule has 0 aliphatic heterocycles. The van der Waals surface area contributed by atoms with E-state index in [2.05, 4.69) is 26.2 Å². The highest BCUT2D eigenvalue weighted by Gasteiger charge is 2.08. The predicted molar refractivity (Wildman–Crippen MR) is 91.6 cm³/mol. The van der Waals surface area contributed by atoms with Crippen molar-refractivity contribution < 1.29 is 4.42 Å². The zero-order chi connectivity index (χ0) is 15.4. The highest BCUT2D eigenvalue weighted by Crippen LogP contribution is 2.31. The third-order valence-corrected chi connectivity index (χ3v) is 4.10. The van der Waals surface area contributed by atoms with Crippen molar-refractivity contribution in [1.29, 1.82) is 0 Å². The maximum Gasteiger partial charge on any atom is 0.135 e. The van der Waals surface area contributed by atoms with Crippen molar-refractivity contribution in [2.75, 3.05) is 0 Å². The lowest BCUT2D eigenvalue weighted by atomic mass is 10.2. The van der Waals surface area contributed by atoms with E-state index in [9.17, 15) is 0 Å². The minimum atomic E-state index is 0.667. The summed E-state index contributed by atoms with van der Waals surface area (Å²) < 4.78 is 6.80. The van der Waals surface area contributed by atoms with Crippen LogP contribution in [0.25, 0.3) is 11.3 Å². The molecular formula is C17H14BrClN2O. The van der Waals surface area contributed by atoms with Crippen molar-refractivity contribution in [3.8, 4) is 11.3 Å². The summed E-state index contributed by atoms with van der Waals surface area (Å²) in [4.78, 5) is 4.09. The minimum Gasteiger partial charge on any atom is -0.460 e. The Morgan fingerprint density at radius 3 is 2.82 bits per heavy atom. The molecule has 0 fully saturated rings. The van der Waals surface area contributed by atoms with Gasteiger partial charge in [-0.3, -0.25) is 4.98 Å². The second kappa shape index (κ2) is 7.09. The van der Waals surface area contributed by atoms with Crippen LogP contribution < -0.4 is 5.32 Å². The van der Waals surface area contributed by atoms with Crippen LogP contribution in [0.3, 0.4) is 0 Å². The van der Waals surface area contributed by atoms with E-state index in [1.54, 1.807) is 6.20 Å². The van der Waals surface area contributed by atoms with Crippen LogP contribution in [0, 0.1) is 0 Å². The third kappa shape index (κ3) is 3.77. The van der Waals surface area contributed by atoms with Crippen LogP contribution in [0.5, 0.6) is 0 Å². The van der Waals surface area contributed by atoms with Gasteiger partial charge in [0.2, 0.25) is 0 Å². The lowest BCUT2D eigenvalue weighted by Gasteiger charge is -2.03. The Morgan fingerprint density at radius 2 is 2.05 bits per heavy atom. The molecule has 2 aromatic heterocycles. The fourth-order valence-corrected chi connectivity index (χ4v) is 3.02. The van der Waals surface area contributed by atoms with Gasteiger partial charge in [0.15, 0.2) is 0 Å². The van der Waals surface area contributed by atoms with Gasteiger partial charge in [0.05, 0.1) is 6.54 Å². The lowest BCUT2D eigenvalue weighted by Crippen LogP contribution is -2.12. The number of benzene rings is 1. The van der Waals surface area contributed by atoms with Gasteiger partial charge in [0.25, 0.3) is 0 Å². The summed E-state index contributed by atoms with van der Waals surface area (Å²) in [5, 5.41) is 4.03. The molecule has 1 aromatic carbocycles. The molecule has 0 aliphatic carbocycles. The first-order valence-electron chi connectivity index (χ1n) is 6.86. The van der Waals surface area contributed by atoms with Gasteiger partial charge in [0.1, 0.15) is 11.5 Å². The molecule has 2 heterocycles. The number of hydrogen-bond acceptors (Lipinski definition) is 3. The molecule has 112 valence electrons. The molecule has 3 rings (SSSR count). The number of nitrogens with one attached hydrogen (secondary N) is 1. The molecule has 5 heteroatoms. The van der Waals surface area contributed by atoms with Gasteiger partial charge in [-0.05, 0) is 57.9 Å². The van der Waals surface area contributed by atoms with Gasteiger partial charge >= 0.3 is 0 Å². The number of aromatic nitrogens is 1. The van der Waals surface area contributed by atoms with Crippen molar-refractivity contribution in [2.45, 2.75) is 13.1 Å². The van der Waals surface area contributed by atoms with Gasteiger partial charge in [0, 0.05) is 34.0 Å². The predicted octanol–water partition coefficient (Wildman–Crippen LogP) is 5.05. The summed E-state index contributed by atoms with van der Waals surface area (Å²) in [6, 6.07) is 13.6. The fraction of sp³-hybridized carbons (Fsp3) is 0.118. The maximum absolute atomic E-state index is 5.96. The Morgan fingerprint density at radius 1 is 1.14 bits per heavy atom. The van der Waals surface area contributed by atoms with Crippen LogP contribution in [0.2, 0.25) is 5.02 Å². The average molecular weight is 378 g/mol. The molecule has 0 atom stereocenters. The summed E-state index contributed by atoms with van der Waals surface area (Å²) in [6.45, 7) is 1.43. The monoisotopic (exact) mass is 376 g/mol. The maximum atomic E-state index is 5.96. The molecule has 0 amide bonds. The van der Waals surface area contributed by atoms with Gasteiger partial charge in [-0.2, -0.15) is 0 Å². The average Bonchev–Trinajstić information content (AvgIpc) is 2.97. The zero-order valence-corrected chi connectivity index (χ0v) is 14.1.